The van der Waals surface area contributed by atoms with Crippen LogP contribution in [-0.2, 0) is 24.4 Å². The Kier molecular flexibility index (Phi) is 8.61. The first kappa shape index (κ1) is 26.3. The zero-order valence-corrected chi connectivity index (χ0v) is 20.8. The van der Waals surface area contributed by atoms with Crippen molar-refractivity contribution in [3.05, 3.63) is 41.5 Å². The Morgan fingerprint density at radius 3 is 2.48 bits per heavy atom. The molecule has 2 rings (SSSR count). The average Bonchev–Trinajstić information content (AvgIpc) is 3.52. The Balaban J connectivity index is 2.74. The molecule has 0 radical (unpaired) electrons. The van der Waals surface area contributed by atoms with E-state index in [0.717, 1.165) is 23.7 Å². The molecule has 0 aromatic heterocycles. The number of aryl methyl sites for hydroxylation is 1. The fourth-order valence-electron chi connectivity index (χ4n) is 4.53. The molecule has 0 saturated carbocycles. The lowest BCUT2D eigenvalue weighted by molar-refractivity contribution is -0.112. The van der Waals surface area contributed by atoms with Gasteiger partial charge >= 0.3 is 0 Å². The number of carbonyl (C=O) groups is 1. The summed E-state index contributed by atoms with van der Waals surface area (Å²) in [5.74, 6) is 8.02. The zero-order chi connectivity index (χ0) is 24.7. The molecule has 6 nitrogen and oxygen atoms in total. The molecule has 7 heteroatoms. The van der Waals surface area contributed by atoms with Gasteiger partial charge in [0, 0.05) is 5.56 Å². The lowest BCUT2D eigenvalue weighted by atomic mass is 9.78. The van der Waals surface area contributed by atoms with Gasteiger partial charge in [0.15, 0.2) is 31.8 Å². The van der Waals surface area contributed by atoms with E-state index >= 15 is 0 Å². The van der Waals surface area contributed by atoms with Gasteiger partial charge in [0.2, 0.25) is 6.08 Å². The van der Waals surface area contributed by atoms with Gasteiger partial charge in [-0.05, 0) is 61.8 Å². The Labute approximate surface area is 197 Å². The number of benzene rings is 1. The standard InChI is InChI=1S/C26H31NO5Si/c1-7-11-12-13-14-24(27-19-29)26(21(6)31-33(8-2,9-3)10-4)25(18-28,32-26)23-17-22(30)16-15-20(23)5/h1,11-12,15-18,21,24,30H,8-10H2,2-6H3/b12-11-/t21-,24+,25-,26+/m1/s1. The number of rotatable bonds is 10. The van der Waals surface area contributed by atoms with Crippen molar-refractivity contribution >= 4 is 20.7 Å². The van der Waals surface area contributed by atoms with Crippen LogP contribution in [-0.4, -0.2) is 43.5 Å². The number of nitrogens with zero attached hydrogens (tertiary/aromatic N) is 1. The molecule has 0 amide bonds. The van der Waals surface area contributed by atoms with Crippen LogP contribution in [0.1, 0.15) is 38.8 Å². The molecule has 1 aromatic rings. The van der Waals surface area contributed by atoms with Crippen LogP contribution in [0.15, 0.2) is 35.3 Å². The van der Waals surface area contributed by atoms with E-state index in [2.05, 4.69) is 43.5 Å². The maximum Gasteiger partial charge on any atom is 0.236 e. The number of isocyanates is 1. The summed E-state index contributed by atoms with van der Waals surface area (Å²) in [4.78, 5) is 28.0. The predicted octanol–water partition coefficient (Wildman–Crippen LogP) is 4.17. The molecule has 174 valence electrons. The van der Waals surface area contributed by atoms with Crippen LogP contribution in [0.3, 0.4) is 0 Å². The number of allylic oxidation sites excluding steroid dienone is 2. The van der Waals surface area contributed by atoms with E-state index in [9.17, 15) is 14.7 Å². The fourth-order valence-corrected chi connectivity index (χ4v) is 7.45. The minimum atomic E-state index is -2.14. The van der Waals surface area contributed by atoms with Crippen molar-refractivity contribution in [3.8, 4) is 29.9 Å². The summed E-state index contributed by atoms with van der Waals surface area (Å²) < 4.78 is 13.0. The zero-order valence-electron chi connectivity index (χ0n) is 19.8. The smallest absolute Gasteiger partial charge is 0.236 e. The molecule has 0 aliphatic carbocycles. The van der Waals surface area contributed by atoms with Crippen LogP contribution >= 0.6 is 0 Å². The molecular weight excluding hydrogens is 434 g/mol. The average molecular weight is 466 g/mol. The number of phenolic OH excluding ortho intramolecular Hbond substituents is 1. The second-order valence-electron chi connectivity index (χ2n) is 8.16. The third kappa shape index (κ3) is 4.73. The molecular formula is C26H31NO5Si. The van der Waals surface area contributed by atoms with Crippen LogP contribution in [0.2, 0.25) is 18.1 Å². The normalized spacial score (nSPS) is 23.5. The van der Waals surface area contributed by atoms with Gasteiger partial charge < -0.3 is 14.3 Å². The molecule has 1 aromatic carbocycles. The summed E-state index contributed by atoms with van der Waals surface area (Å²) in [6, 6.07) is 6.35. The topological polar surface area (TPSA) is 88.5 Å². The van der Waals surface area contributed by atoms with Crippen molar-refractivity contribution in [2.45, 2.75) is 76.1 Å². The maximum absolute atomic E-state index is 12.7. The van der Waals surface area contributed by atoms with Gasteiger partial charge in [-0.3, -0.25) is 4.79 Å². The maximum atomic E-state index is 12.7. The van der Waals surface area contributed by atoms with Gasteiger partial charge in [0.05, 0.1) is 6.10 Å². The number of ether oxygens (including phenoxy) is 1. The summed E-state index contributed by atoms with van der Waals surface area (Å²) >= 11 is 0. The van der Waals surface area contributed by atoms with Crippen molar-refractivity contribution < 1.29 is 23.9 Å². The van der Waals surface area contributed by atoms with Crippen LogP contribution in [0.4, 0.5) is 0 Å². The van der Waals surface area contributed by atoms with Crippen molar-refractivity contribution in [3.63, 3.8) is 0 Å². The van der Waals surface area contributed by atoms with E-state index in [0.29, 0.717) is 11.8 Å². The highest BCUT2D eigenvalue weighted by atomic mass is 28.4. The molecule has 1 heterocycles. The molecule has 1 saturated heterocycles. The third-order valence-corrected chi connectivity index (χ3v) is 11.4. The summed E-state index contributed by atoms with van der Waals surface area (Å²) in [7, 11) is -2.14. The van der Waals surface area contributed by atoms with Gasteiger partial charge in [-0.1, -0.05) is 44.6 Å². The number of carbonyl (C=O) groups excluding carboxylic acids is 2. The predicted molar refractivity (Wildman–Crippen MR) is 130 cm³/mol. The molecule has 1 aliphatic rings. The summed E-state index contributed by atoms with van der Waals surface area (Å²) in [6.45, 7) is 9.96. The molecule has 0 spiro atoms. The van der Waals surface area contributed by atoms with Gasteiger partial charge in [-0.25, -0.2) is 4.79 Å². The quantitative estimate of drug-likeness (QED) is 0.140. The molecule has 33 heavy (non-hydrogen) atoms. The second-order valence-corrected chi connectivity index (χ2v) is 12.9. The first-order valence-electron chi connectivity index (χ1n) is 11.1. The Morgan fingerprint density at radius 2 is 1.94 bits per heavy atom. The molecule has 4 atom stereocenters. The number of phenols is 1. The summed E-state index contributed by atoms with van der Waals surface area (Å²) in [5.41, 5.74) is -1.65. The van der Waals surface area contributed by atoms with Gasteiger partial charge in [-0.15, -0.1) is 6.42 Å². The number of aromatic hydroxyl groups is 1. The van der Waals surface area contributed by atoms with E-state index in [1.807, 2.05) is 13.8 Å². The van der Waals surface area contributed by atoms with Crippen LogP contribution < -0.4 is 0 Å². The minimum Gasteiger partial charge on any atom is -0.508 e. The van der Waals surface area contributed by atoms with E-state index in [4.69, 9.17) is 15.6 Å². The number of aliphatic imine (C=N–C) groups is 1. The Hall–Kier alpha value is -2.93. The van der Waals surface area contributed by atoms with Crippen molar-refractivity contribution in [1.29, 1.82) is 0 Å². The number of terminal acetylenes is 1. The fraction of sp³-hybridized carbons (Fsp3) is 0.462. The number of aldehydes is 1. The van der Waals surface area contributed by atoms with Crippen LogP contribution in [0, 0.1) is 31.1 Å². The molecule has 0 unspecified atom stereocenters. The number of epoxide rings is 1. The van der Waals surface area contributed by atoms with Crippen molar-refractivity contribution in [2.75, 3.05) is 0 Å². The monoisotopic (exact) mass is 465 g/mol. The van der Waals surface area contributed by atoms with Gasteiger partial charge in [0.1, 0.15) is 5.75 Å². The van der Waals surface area contributed by atoms with Gasteiger partial charge in [0.25, 0.3) is 0 Å². The highest BCUT2D eigenvalue weighted by Gasteiger charge is 2.78. The number of hydrogen-bond donors (Lipinski definition) is 1. The van der Waals surface area contributed by atoms with E-state index < -0.39 is 31.7 Å². The summed E-state index contributed by atoms with van der Waals surface area (Å²) in [6.07, 6.45) is 9.76. The van der Waals surface area contributed by atoms with Crippen LogP contribution in [0.5, 0.6) is 5.75 Å². The largest absolute Gasteiger partial charge is 0.508 e. The molecule has 1 fully saturated rings. The molecule has 1 N–H and O–H groups in total. The SMILES string of the molecule is C#C/C=C\C#C[C@H](N=C=O)[C@]1([C@@H](C)O[Si](CC)(CC)CC)O[C@]1(C=O)c1cc(O)ccc1C. The van der Waals surface area contributed by atoms with Crippen molar-refractivity contribution in [1.82, 2.24) is 0 Å². The van der Waals surface area contributed by atoms with E-state index in [1.165, 1.54) is 24.3 Å². The first-order valence-corrected chi connectivity index (χ1v) is 13.6. The summed E-state index contributed by atoms with van der Waals surface area (Å²) in [5, 5.41) is 10.1. The second kappa shape index (κ2) is 10.8. The van der Waals surface area contributed by atoms with Crippen molar-refractivity contribution in [2.24, 2.45) is 4.99 Å². The highest BCUT2D eigenvalue weighted by Crippen LogP contribution is 2.61. The lowest BCUT2D eigenvalue weighted by Crippen LogP contribution is -2.51. The minimum absolute atomic E-state index is 0.00679. The Morgan fingerprint density at radius 1 is 1.27 bits per heavy atom. The van der Waals surface area contributed by atoms with Crippen LogP contribution in [0.25, 0.3) is 0 Å². The highest BCUT2D eigenvalue weighted by molar-refractivity contribution is 6.73. The molecule has 0 bridgehead atoms. The third-order valence-electron chi connectivity index (χ3n) is 6.69. The first-order chi connectivity index (χ1) is 15.8. The number of hydrogen-bond acceptors (Lipinski definition) is 6. The van der Waals surface area contributed by atoms with Gasteiger partial charge in [-0.2, -0.15) is 4.99 Å². The molecule has 1 aliphatic heterocycles. The van der Waals surface area contributed by atoms with E-state index in [-0.39, 0.29) is 5.75 Å². The van der Waals surface area contributed by atoms with E-state index in [1.54, 1.807) is 12.1 Å². The Bertz CT molecular complexity index is 1050. The lowest BCUT2D eigenvalue weighted by Gasteiger charge is -2.36.